The van der Waals surface area contributed by atoms with E-state index in [0.29, 0.717) is 6.42 Å². The van der Waals surface area contributed by atoms with Gasteiger partial charge in [0, 0.05) is 0 Å². The molecule has 7 heteroatoms. The van der Waals surface area contributed by atoms with E-state index in [1.54, 1.807) is 6.92 Å². The van der Waals surface area contributed by atoms with Crippen LogP contribution in [-0.4, -0.2) is 45.6 Å². The summed E-state index contributed by atoms with van der Waals surface area (Å²) in [5.74, 6) is -3.26. The summed E-state index contributed by atoms with van der Waals surface area (Å²) in [6, 6.07) is 0. The molecule has 0 spiro atoms. The van der Waals surface area contributed by atoms with Crippen molar-refractivity contribution in [3.05, 3.63) is 0 Å². The molecule has 1 aliphatic heterocycles. The molecule has 0 aliphatic carbocycles. The van der Waals surface area contributed by atoms with Gasteiger partial charge in [-0.25, -0.2) is 8.42 Å². The lowest BCUT2D eigenvalue weighted by Crippen LogP contribution is -2.34. The van der Waals surface area contributed by atoms with Crippen LogP contribution in [0.4, 0.5) is 0 Å². The molecule has 1 saturated heterocycles. The van der Waals surface area contributed by atoms with Gasteiger partial charge in [0.2, 0.25) is 0 Å². The fourth-order valence-corrected chi connectivity index (χ4v) is 3.77. The van der Waals surface area contributed by atoms with Crippen LogP contribution in [0.25, 0.3) is 0 Å². The van der Waals surface area contributed by atoms with Gasteiger partial charge < -0.3 is 9.47 Å². The summed E-state index contributed by atoms with van der Waals surface area (Å²) in [6.45, 7) is 1.77. The van der Waals surface area contributed by atoms with Crippen molar-refractivity contribution >= 4 is 21.8 Å². The first-order valence-corrected chi connectivity index (χ1v) is 7.18. The lowest BCUT2D eigenvalue weighted by atomic mass is 9.92. The number of sulfone groups is 1. The molecular weight excluding hydrogens is 248 g/mol. The van der Waals surface area contributed by atoms with Gasteiger partial charge in [-0.1, -0.05) is 0 Å². The quantitative estimate of drug-likeness (QED) is 0.515. The van der Waals surface area contributed by atoms with Crippen LogP contribution in [0.5, 0.6) is 0 Å². The summed E-state index contributed by atoms with van der Waals surface area (Å²) in [7, 11) is -1.98. The molecule has 1 fully saturated rings. The van der Waals surface area contributed by atoms with Crippen LogP contribution in [0, 0.1) is 11.8 Å². The van der Waals surface area contributed by atoms with Gasteiger partial charge >= 0.3 is 11.9 Å². The molecule has 0 saturated carbocycles. The molecule has 98 valence electrons. The number of rotatable bonds is 4. The van der Waals surface area contributed by atoms with Gasteiger partial charge in [-0.05, 0) is 19.3 Å². The number of carbonyl (C=O) groups is 2. The molecule has 1 heterocycles. The van der Waals surface area contributed by atoms with Crippen LogP contribution < -0.4 is 0 Å². The highest BCUT2D eigenvalue weighted by Gasteiger charge is 2.43. The van der Waals surface area contributed by atoms with Gasteiger partial charge in [-0.15, -0.1) is 0 Å². The second kappa shape index (κ2) is 5.48. The molecule has 17 heavy (non-hydrogen) atoms. The highest BCUT2D eigenvalue weighted by atomic mass is 32.2. The Morgan fingerprint density at radius 3 is 2.41 bits per heavy atom. The molecule has 1 rings (SSSR count). The topological polar surface area (TPSA) is 86.7 Å². The summed E-state index contributed by atoms with van der Waals surface area (Å²) < 4.78 is 32.0. The number of esters is 2. The number of ether oxygens (including phenoxy) is 2. The van der Waals surface area contributed by atoms with E-state index in [1.807, 2.05) is 0 Å². The van der Waals surface area contributed by atoms with Gasteiger partial charge in [-0.3, -0.25) is 9.59 Å². The third kappa shape index (κ3) is 3.42. The van der Waals surface area contributed by atoms with E-state index in [2.05, 4.69) is 4.74 Å². The van der Waals surface area contributed by atoms with Crippen molar-refractivity contribution in [1.29, 1.82) is 0 Å². The van der Waals surface area contributed by atoms with Crippen LogP contribution in [0.15, 0.2) is 0 Å². The van der Waals surface area contributed by atoms with Crippen molar-refractivity contribution in [3.63, 3.8) is 0 Å². The van der Waals surface area contributed by atoms with Crippen LogP contribution in [0.3, 0.4) is 0 Å². The zero-order valence-corrected chi connectivity index (χ0v) is 10.7. The first-order chi connectivity index (χ1) is 7.91. The van der Waals surface area contributed by atoms with E-state index in [4.69, 9.17) is 4.74 Å². The Hall–Kier alpha value is -1.11. The normalized spacial score (nSPS) is 24.0. The van der Waals surface area contributed by atoms with Crippen molar-refractivity contribution in [2.45, 2.75) is 13.3 Å². The highest BCUT2D eigenvalue weighted by molar-refractivity contribution is 7.91. The Morgan fingerprint density at radius 2 is 2.00 bits per heavy atom. The lowest BCUT2D eigenvalue weighted by molar-refractivity contribution is -0.162. The molecule has 0 bridgehead atoms. The number of hydrogen-bond donors (Lipinski definition) is 0. The second-order valence-electron chi connectivity index (χ2n) is 3.92. The maximum atomic E-state index is 11.6. The van der Waals surface area contributed by atoms with Gasteiger partial charge in [0.05, 0.1) is 25.2 Å². The molecule has 6 nitrogen and oxygen atoms in total. The minimum Gasteiger partial charge on any atom is -0.468 e. The summed E-state index contributed by atoms with van der Waals surface area (Å²) in [5, 5.41) is 0. The molecule has 0 aromatic rings. The third-order valence-electron chi connectivity index (χ3n) is 2.73. The van der Waals surface area contributed by atoms with Crippen molar-refractivity contribution in [1.82, 2.24) is 0 Å². The maximum Gasteiger partial charge on any atom is 0.320 e. The fourth-order valence-electron chi connectivity index (χ4n) is 1.93. The Labute approximate surface area is 100 Å². The molecule has 0 N–H and O–H groups in total. The lowest BCUT2D eigenvalue weighted by Gasteiger charge is -2.18. The molecule has 0 aromatic heterocycles. The monoisotopic (exact) mass is 264 g/mol. The third-order valence-corrected chi connectivity index (χ3v) is 4.53. The fraction of sp³-hybridized carbons (Fsp3) is 0.800. The molecule has 2 atom stereocenters. The van der Waals surface area contributed by atoms with Gasteiger partial charge in [0.25, 0.3) is 0 Å². The number of carbonyl (C=O) groups excluding carboxylic acids is 2. The first kappa shape index (κ1) is 14.0. The Kier molecular flexibility index (Phi) is 4.50. The maximum absolute atomic E-state index is 11.6. The van der Waals surface area contributed by atoms with Gasteiger partial charge in [0.15, 0.2) is 15.8 Å². The van der Waals surface area contributed by atoms with Crippen LogP contribution in [0.1, 0.15) is 13.3 Å². The standard InChI is InChI=1S/C10H16O6S/c1-3-16-10(12)8(9(11)15-2)7-4-5-17(13,14)6-7/h7-8H,3-6H2,1-2H3/t7-,8-/m0/s1. The molecular formula is C10H16O6S. The van der Waals surface area contributed by atoms with Gasteiger partial charge in [0.1, 0.15) is 0 Å². The van der Waals surface area contributed by atoms with Crippen molar-refractivity contribution in [2.24, 2.45) is 11.8 Å². The molecule has 0 aromatic carbocycles. The molecule has 0 amide bonds. The van der Waals surface area contributed by atoms with Gasteiger partial charge in [-0.2, -0.15) is 0 Å². The summed E-state index contributed by atoms with van der Waals surface area (Å²) in [6.07, 6.45) is 0.293. The Morgan fingerprint density at radius 1 is 1.35 bits per heavy atom. The van der Waals surface area contributed by atoms with E-state index in [9.17, 15) is 18.0 Å². The smallest absolute Gasteiger partial charge is 0.320 e. The largest absolute Gasteiger partial charge is 0.468 e. The summed E-state index contributed by atoms with van der Waals surface area (Å²) in [5.41, 5.74) is 0. The summed E-state index contributed by atoms with van der Waals surface area (Å²) >= 11 is 0. The molecule has 0 unspecified atom stereocenters. The van der Waals surface area contributed by atoms with E-state index in [-0.39, 0.29) is 18.1 Å². The van der Waals surface area contributed by atoms with Crippen LogP contribution in [-0.2, 0) is 28.9 Å². The molecule has 0 radical (unpaired) electrons. The highest BCUT2D eigenvalue weighted by Crippen LogP contribution is 2.27. The average Bonchev–Trinajstić information content (AvgIpc) is 2.59. The van der Waals surface area contributed by atoms with E-state index >= 15 is 0 Å². The molecule has 1 aliphatic rings. The zero-order chi connectivity index (χ0) is 13.1. The number of methoxy groups -OCH3 is 1. The number of hydrogen-bond acceptors (Lipinski definition) is 6. The van der Waals surface area contributed by atoms with Crippen LogP contribution >= 0.6 is 0 Å². The van der Waals surface area contributed by atoms with E-state index in [0.717, 1.165) is 7.11 Å². The minimum absolute atomic E-state index is 0.00453. The van der Waals surface area contributed by atoms with Crippen molar-refractivity contribution in [3.8, 4) is 0 Å². The Bertz CT molecular complexity index is 399. The van der Waals surface area contributed by atoms with Crippen molar-refractivity contribution < 1.29 is 27.5 Å². The minimum atomic E-state index is -3.15. The second-order valence-corrected chi connectivity index (χ2v) is 6.14. The van der Waals surface area contributed by atoms with E-state index < -0.39 is 33.6 Å². The van der Waals surface area contributed by atoms with Crippen LogP contribution in [0.2, 0.25) is 0 Å². The predicted molar refractivity (Wildman–Crippen MR) is 58.9 cm³/mol. The predicted octanol–water partition coefficient (Wildman–Crippen LogP) is -0.227. The SMILES string of the molecule is CCOC(=O)[C@H](C(=O)OC)[C@H]1CCS(=O)(=O)C1. The Balaban J connectivity index is 2.84. The average molecular weight is 264 g/mol. The zero-order valence-electron chi connectivity index (χ0n) is 9.84. The van der Waals surface area contributed by atoms with E-state index in [1.165, 1.54) is 0 Å². The summed E-state index contributed by atoms with van der Waals surface area (Å²) in [4.78, 5) is 23.1. The van der Waals surface area contributed by atoms with Crippen molar-refractivity contribution in [2.75, 3.05) is 25.2 Å². The first-order valence-electron chi connectivity index (χ1n) is 5.36.